The van der Waals surface area contributed by atoms with Crippen molar-refractivity contribution in [1.29, 1.82) is 5.26 Å². The summed E-state index contributed by atoms with van der Waals surface area (Å²) in [7, 11) is 0. The zero-order valence-electron chi connectivity index (χ0n) is 8.54. The summed E-state index contributed by atoms with van der Waals surface area (Å²) >= 11 is 0. The highest BCUT2D eigenvalue weighted by molar-refractivity contribution is 4.99. The Kier molecular flexibility index (Phi) is 2.76. The molecule has 2 rings (SSSR count). The van der Waals surface area contributed by atoms with Crippen molar-refractivity contribution in [1.82, 2.24) is 0 Å². The second-order valence-corrected chi connectivity index (χ2v) is 4.84. The van der Waals surface area contributed by atoms with Crippen molar-refractivity contribution >= 4 is 0 Å². The standard InChI is InChI=1S/C11H18N2O/c12-6-5-11(3-4-11)8-14-10-2-1-9(13)7-10/h9-10H,1-5,7-8,13H2. The summed E-state index contributed by atoms with van der Waals surface area (Å²) in [5, 5.41) is 8.65. The third-order valence-corrected chi connectivity index (χ3v) is 3.46. The Bertz CT molecular complexity index is 242. The van der Waals surface area contributed by atoms with Gasteiger partial charge >= 0.3 is 0 Å². The fourth-order valence-corrected chi connectivity index (χ4v) is 2.14. The molecule has 0 amide bonds. The molecule has 0 aromatic carbocycles. The SMILES string of the molecule is N#CCC1(COC2CCC(N)C2)CC1. The van der Waals surface area contributed by atoms with E-state index in [1.807, 2.05) is 0 Å². The van der Waals surface area contributed by atoms with E-state index in [0.717, 1.165) is 25.9 Å². The van der Waals surface area contributed by atoms with Gasteiger partial charge in [0.1, 0.15) is 0 Å². The predicted octanol–water partition coefficient (Wildman–Crippen LogP) is 1.58. The highest BCUT2D eigenvalue weighted by atomic mass is 16.5. The van der Waals surface area contributed by atoms with E-state index in [-0.39, 0.29) is 5.41 Å². The van der Waals surface area contributed by atoms with E-state index in [1.165, 1.54) is 12.8 Å². The lowest BCUT2D eigenvalue weighted by atomic mass is 10.1. The number of nitrogens with two attached hydrogens (primary N) is 1. The Hall–Kier alpha value is -0.590. The minimum atomic E-state index is 0.224. The van der Waals surface area contributed by atoms with Crippen LogP contribution in [0.25, 0.3) is 0 Å². The van der Waals surface area contributed by atoms with Crippen molar-refractivity contribution in [2.45, 2.75) is 50.7 Å². The molecule has 0 radical (unpaired) electrons. The summed E-state index contributed by atoms with van der Waals surface area (Å²) in [6.07, 6.45) is 6.55. The second kappa shape index (κ2) is 3.88. The predicted molar refractivity (Wildman–Crippen MR) is 53.5 cm³/mol. The van der Waals surface area contributed by atoms with E-state index in [1.54, 1.807) is 0 Å². The zero-order valence-corrected chi connectivity index (χ0v) is 8.54. The van der Waals surface area contributed by atoms with E-state index in [0.29, 0.717) is 18.6 Å². The Labute approximate surface area is 85.2 Å². The average Bonchev–Trinajstić information content (AvgIpc) is 2.80. The Balaban J connectivity index is 1.70. The molecule has 2 aliphatic rings. The monoisotopic (exact) mass is 194 g/mol. The van der Waals surface area contributed by atoms with Crippen LogP contribution in [0.2, 0.25) is 0 Å². The molecule has 2 atom stereocenters. The molecule has 2 N–H and O–H groups in total. The van der Waals surface area contributed by atoms with Crippen LogP contribution in [0.3, 0.4) is 0 Å². The number of hydrogen-bond donors (Lipinski definition) is 1. The maximum absolute atomic E-state index is 8.65. The number of ether oxygens (including phenoxy) is 1. The molecule has 0 saturated heterocycles. The Morgan fingerprint density at radius 3 is 2.71 bits per heavy atom. The van der Waals surface area contributed by atoms with Crippen molar-refractivity contribution in [2.24, 2.45) is 11.1 Å². The molecule has 14 heavy (non-hydrogen) atoms. The quantitative estimate of drug-likeness (QED) is 0.739. The van der Waals surface area contributed by atoms with E-state index < -0.39 is 0 Å². The van der Waals surface area contributed by atoms with Gasteiger partial charge in [-0.25, -0.2) is 0 Å². The third kappa shape index (κ3) is 2.26. The van der Waals surface area contributed by atoms with Crippen LogP contribution in [0.15, 0.2) is 0 Å². The van der Waals surface area contributed by atoms with Crippen LogP contribution in [0.1, 0.15) is 38.5 Å². The van der Waals surface area contributed by atoms with Gasteiger partial charge in [0.15, 0.2) is 0 Å². The van der Waals surface area contributed by atoms with Gasteiger partial charge < -0.3 is 10.5 Å². The highest BCUT2D eigenvalue weighted by Crippen LogP contribution is 2.49. The van der Waals surface area contributed by atoms with Gasteiger partial charge in [0.25, 0.3) is 0 Å². The van der Waals surface area contributed by atoms with Gasteiger partial charge in [-0.3, -0.25) is 0 Å². The van der Waals surface area contributed by atoms with Crippen LogP contribution in [-0.4, -0.2) is 18.8 Å². The topological polar surface area (TPSA) is 59.0 Å². The van der Waals surface area contributed by atoms with Crippen molar-refractivity contribution in [3.63, 3.8) is 0 Å². The molecule has 0 aromatic rings. The molecule has 78 valence electrons. The van der Waals surface area contributed by atoms with Crippen molar-refractivity contribution in [2.75, 3.05) is 6.61 Å². The minimum Gasteiger partial charge on any atom is -0.378 e. The molecular formula is C11H18N2O. The first-order valence-electron chi connectivity index (χ1n) is 5.48. The Morgan fingerprint density at radius 2 is 2.21 bits per heavy atom. The van der Waals surface area contributed by atoms with Gasteiger partial charge in [-0.2, -0.15) is 5.26 Å². The largest absolute Gasteiger partial charge is 0.378 e. The molecule has 2 saturated carbocycles. The third-order valence-electron chi connectivity index (χ3n) is 3.46. The van der Waals surface area contributed by atoms with Gasteiger partial charge in [0, 0.05) is 17.9 Å². The number of nitriles is 1. The molecule has 0 aliphatic heterocycles. The normalized spacial score (nSPS) is 34.0. The second-order valence-electron chi connectivity index (χ2n) is 4.84. The first-order chi connectivity index (χ1) is 6.74. The smallest absolute Gasteiger partial charge is 0.0628 e. The molecule has 2 fully saturated rings. The van der Waals surface area contributed by atoms with Crippen LogP contribution in [0.5, 0.6) is 0 Å². The van der Waals surface area contributed by atoms with Gasteiger partial charge in [-0.15, -0.1) is 0 Å². The highest BCUT2D eigenvalue weighted by Gasteiger charge is 2.43. The number of hydrogen-bond acceptors (Lipinski definition) is 3. The van der Waals surface area contributed by atoms with Crippen LogP contribution >= 0.6 is 0 Å². The molecular weight excluding hydrogens is 176 g/mol. The summed E-state index contributed by atoms with van der Waals surface area (Å²) in [5.41, 5.74) is 6.03. The fraction of sp³-hybridized carbons (Fsp3) is 0.909. The van der Waals surface area contributed by atoms with E-state index >= 15 is 0 Å². The number of nitrogens with zero attached hydrogens (tertiary/aromatic N) is 1. The summed E-state index contributed by atoms with van der Waals surface area (Å²) in [6.45, 7) is 0.776. The Morgan fingerprint density at radius 1 is 1.43 bits per heavy atom. The number of rotatable bonds is 4. The summed E-state index contributed by atoms with van der Waals surface area (Å²) in [5.74, 6) is 0. The maximum Gasteiger partial charge on any atom is 0.0628 e. The lowest BCUT2D eigenvalue weighted by Gasteiger charge is -2.16. The average molecular weight is 194 g/mol. The molecule has 0 aromatic heterocycles. The van der Waals surface area contributed by atoms with Gasteiger partial charge in [-0.05, 0) is 32.1 Å². The summed E-state index contributed by atoms with van der Waals surface area (Å²) in [4.78, 5) is 0. The van der Waals surface area contributed by atoms with E-state index in [4.69, 9.17) is 15.7 Å². The van der Waals surface area contributed by atoms with Crippen molar-refractivity contribution in [3.8, 4) is 6.07 Å². The van der Waals surface area contributed by atoms with Crippen LogP contribution in [0.4, 0.5) is 0 Å². The van der Waals surface area contributed by atoms with Crippen LogP contribution in [-0.2, 0) is 4.74 Å². The first-order valence-corrected chi connectivity index (χ1v) is 5.48. The van der Waals surface area contributed by atoms with Gasteiger partial charge in [0.05, 0.1) is 18.8 Å². The van der Waals surface area contributed by atoms with Crippen molar-refractivity contribution in [3.05, 3.63) is 0 Å². The van der Waals surface area contributed by atoms with Gasteiger partial charge in [-0.1, -0.05) is 0 Å². The lowest BCUT2D eigenvalue weighted by Crippen LogP contribution is -2.20. The molecule has 0 heterocycles. The first kappa shape index (κ1) is 9.95. The summed E-state index contributed by atoms with van der Waals surface area (Å²) in [6, 6.07) is 2.59. The molecule has 2 aliphatic carbocycles. The van der Waals surface area contributed by atoms with Crippen LogP contribution < -0.4 is 5.73 Å². The van der Waals surface area contributed by atoms with Crippen LogP contribution in [0, 0.1) is 16.7 Å². The molecule has 3 nitrogen and oxygen atoms in total. The van der Waals surface area contributed by atoms with Crippen molar-refractivity contribution < 1.29 is 4.74 Å². The lowest BCUT2D eigenvalue weighted by molar-refractivity contribution is 0.0267. The molecule has 3 heteroatoms. The van der Waals surface area contributed by atoms with E-state index in [2.05, 4.69) is 6.07 Å². The summed E-state index contributed by atoms with van der Waals surface area (Å²) < 4.78 is 5.82. The van der Waals surface area contributed by atoms with Gasteiger partial charge in [0.2, 0.25) is 0 Å². The molecule has 0 bridgehead atoms. The zero-order chi connectivity index (χ0) is 10.0. The maximum atomic E-state index is 8.65. The van der Waals surface area contributed by atoms with E-state index in [9.17, 15) is 0 Å². The molecule has 2 unspecified atom stereocenters. The minimum absolute atomic E-state index is 0.224. The fourth-order valence-electron chi connectivity index (χ4n) is 2.14. The molecule has 0 spiro atoms.